The van der Waals surface area contributed by atoms with E-state index in [9.17, 15) is 14.4 Å². The molecule has 0 radical (unpaired) electrons. The molecule has 0 spiro atoms. The van der Waals surface area contributed by atoms with Gasteiger partial charge in [0, 0.05) is 11.1 Å². The number of nitrogens with zero attached hydrogens (tertiary/aromatic N) is 3. The second-order valence-corrected chi connectivity index (χ2v) is 10.5. The average molecular weight is 542 g/mol. The number of ether oxygens (including phenoxy) is 3. The van der Waals surface area contributed by atoms with Gasteiger partial charge >= 0.3 is 5.97 Å². The number of amides is 2. The van der Waals surface area contributed by atoms with E-state index in [2.05, 4.69) is 15.5 Å². The van der Waals surface area contributed by atoms with Gasteiger partial charge in [-0.25, -0.2) is 9.78 Å². The number of esters is 1. The van der Waals surface area contributed by atoms with Crippen LogP contribution in [0.5, 0.6) is 0 Å². The van der Waals surface area contributed by atoms with Gasteiger partial charge in [-0.3, -0.25) is 14.5 Å². The van der Waals surface area contributed by atoms with Gasteiger partial charge in [0.15, 0.2) is 10.8 Å². The normalized spacial score (nSPS) is 19.8. The zero-order chi connectivity index (χ0) is 26.4. The third kappa shape index (κ3) is 6.75. The molecule has 12 nitrogen and oxygen atoms in total. The number of fused-ring (bicyclic) bond motifs is 1. The van der Waals surface area contributed by atoms with Crippen LogP contribution in [0, 0.1) is 0 Å². The van der Waals surface area contributed by atoms with E-state index in [1.165, 1.54) is 23.8 Å². The highest BCUT2D eigenvalue weighted by atomic mass is 32.2. The number of β-lactam (4-membered cyclic amide) rings is 1. The Kier molecular flexibility index (Phi) is 9.70. The second-order valence-electron chi connectivity index (χ2n) is 8.46. The summed E-state index contributed by atoms with van der Waals surface area (Å²) in [5.41, 5.74) is 5.92. The lowest BCUT2D eigenvalue weighted by atomic mass is 10.0. The number of nitrogens with one attached hydrogen (secondary N) is 1. The van der Waals surface area contributed by atoms with Crippen LogP contribution < -0.4 is 11.1 Å². The minimum absolute atomic E-state index is 0.0477. The van der Waals surface area contributed by atoms with Gasteiger partial charge in [0.2, 0.25) is 0 Å². The number of hydrogen-bond acceptors (Lipinski definition) is 12. The van der Waals surface area contributed by atoms with E-state index in [0.717, 1.165) is 11.3 Å². The molecule has 0 saturated carbocycles. The monoisotopic (exact) mass is 541 g/mol. The number of hydrogen-bond donors (Lipinski definition) is 2. The highest BCUT2D eigenvalue weighted by Gasteiger charge is 2.53. The number of rotatable bonds is 12. The maximum atomic E-state index is 13.0. The summed E-state index contributed by atoms with van der Waals surface area (Å²) in [4.78, 5) is 49.0. The van der Waals surface area contributed by atoms with Crippen LogP contribution in [0.25, 0.3) is 0 Å². The summed E-state index contributed by atoms with van der Waals surface area (Å²) in [7, 11) is 1.30. The molecule has 2 aliphatic rings. The first-order valence-corrected chi connectivity index (χ1v) is 13.3. The Labute approximate surface area is 217 Å². The smallest absolute Gasteiger partial charge is 0.355 e. The van der Waals surface area contributed by atoms with Crippen LogP contribution >= 0.6 is 23.1 Å². The van der Waals surface area contributed by atoms with Crippen molar-refractivity contribution in [3.63, 3.8) is 0 Å². The van der Waals surface area contributed by atoms with E-state index in [1.807, 2.05) is 27.7 Å². The first-order chi connectivity index (χ1) is 17.1. The van der Waals surface area contributed by atoms with Crippen LogP contribution in [-0.2, 0) is 33.4 Å². The van der Waals surface area contributed by atoms with Crippen LogP contribution in [0.15, 0.2) is 22.3 Å². The number of oxime groups is 1. The fraction of sp³-hybridized carbons (Fsp3) is 0.591. The minimum atomic E-state index is -0.860. The number of anilines is 1. The summed E-state index contributed by atoms with van der Waals surface area (Å²) in [6, 6.07) is -0.860. The standard InChI is InChI=1S/C22H31N5O7S2/c1-11(2)32-8-13(9-33-12(3)4)34-21(30)15-6-7-35-20-17(19(29)27(15)20)25-18(28)16(26-31-5)14-10-36-22(23)24-14/h6,10-13,17,20H,7-9H2,1-5H3,(H2,23,24)(H,25,28)/t17?,20-/m0/s1. The highest BCUT2D eigenvalue weighted by Crippen LogP contribution is 2.38. The number of nitrogen functional groups attached to an aromatic ring is 1. The molecule has 1 aromatic heterocycles. The zero-order valence-electron chi connectivity index (χ0n) is 20.8. The van der Waals surface area contributed by atoms with Crippen LogP contribution in [0.2, 0.25) is 0 Å². The number of carbonyl (C=O) groups excluding carboxylic acids is 3. The Balaban J connectivity index is 1.66. The van der Waals surface area contributed by atoms with E-state index >= 15 is 0 Å². The Morgan fingerprint density at radius 3 is 2.47 bits per heavy atom. The molecule has 3 rings (SSSR count). The first kappa shape index (κ1) is 27.9. The average Bonchev–Trinajstić information content (AvgIpc) is 3.27. The molecule has 1 saturated heterocycles. The third-order valence-corrected chi connectivity index (χ3v) is 6.87. The van der Waals surface area contributed by atoms with Gasteiger partial charge in [-0.15, -0.1) is 23.1 Å². The largest absolute Gasteiger partial charge is 0.453 e. The van der Waals surface area contributed by atoms with Crippen LogP contribution in [-0.4, -0.2) is 89.2 Å². The predicted octanol–water partition coefficient (Wildman–Crippen LogP) is 1.12. The molecule has 36 heavy (non-hydrogen) atoms. The third-order valence-electron chi connectivity index (χ3n) is 5.01. The molecule has 1 unspecified atom stereocenters. The molecule has 3 heterocycles. The fourth-order valence-corrected chi connectivity index (χ4v) is 5.10. The summed E-state index contributed by atoms with van der Waals surface area (Å²) >= 11 is 2.56. The Morgan fingerprint density at radius 1 is 1.25 bits per heavy atom. The van der Waals surface area contributed by atoms with Crippen molar-refractivity contribution in [2.75, 3.05) is 31.8 Å². The van der Waals surface area contributed by atoms with Gasteiger partial charge in [0.05, 0.1) is 25.4 Å². The molecular formula is C22H31N5O7S2. The molecule has 3 N–H and O–H groups in total. The van der Waals surface area contributed by atoms with Gasteiger partial charge in [0.1, 0.15) is 36.0 Å². The van der Waals surface area contributed by atoms with Crippen molar-refractivity contribution in [1.29, 1.82) is 0 Å². The molecular weight excluding hydrogens is 510 g/mol. The second kappa shape index (κ2) is 12.5. The molecule has 2 atom stereocenters. The minimum Gasteiger partial charge on any atom is -0.453 e. The van der Waals surface area contributed by atoms with E-state index < -0.39 is 35.3 Å². The summed E-state index contributed by atoms with van der Waals surface area (Å²) in [6.45, 7) is 7.85. The molecule has 0 aromatic carbocycles. The van der Waals surface area contributed by atoms with Crippen molar-refractivity contribution in [2.24, 2.45) is 5.16 Å². The zero-order valence-corrected chi connectivity index (χ0v) is 22.4. The number of nitrogens with two attached hydrogens (primary N) is 1. The molecule has 1 aromatic rings. The van der Waals surface area contributed by atoms with Gasteiger partial charge in [-0.2, -0.15) is 0 Å². The van der Waals surface area contributed by atoms with E-state index in [0.29, 0.717) is 5.75 Å². The number of thioether (sulfide) groups is 1. The lowest BCUT2D eigenvalue weighted by Gasteiger charge is -2.48. The summed E-state index contributed by atoms with van der Waals surface area (Å²) < 4.78 is 16.8. The Hall–Kier alpha value is -2.68. The molecule has 0 bridgehead atoms. The maximum absolute atomic E-state index is 13.0. The number of carbonyl (C=O) groups is 3. The van der Waals surface area contributed by atoms with Gasteiger partial charge in [-0.1, -0.05) is 5.16 Å². The van der Waals surface area contributed by atoms with Crippen molar-refractivity contribution in [2.45, 2.75) is 57.4 Å². The maximum Gasteiger partial charge on any atom is 0.355 e. The Morgan fingerprint density at radius 2 is 1.92 bits per heavy atom. The van der Waals surface area contributed by atoms with E-state index in [-0.39, 0.29) is 47.7 Å². The molecule has 0 aliphatic carbocycles. The predicted molar refractivity (Wildman–Crippen MR) is 135 cm³/mol. The number of thiazole rings is 1. The van der Waals surface area contributed by atoms with E-state index in [4.69, 9.17) is 24.8 Å². The van der Waals surface area contributed by atoms with Crippen molar-refractivity contribution in [3.8, 4) is 0 Å². The van der Waals surface area contributed by atoms with Crippen LogP contribution in [0.4, 0.5) is 5.13 Å². The quantitative estimate of drug-likeness (QED) is 0.170. The molecule has 2 aliphatic heterocycles. The molecule has 2 amide bonds. The highest BCUT2D eigenvalue weighted by molar-refractivity contribution is 8.00. The van der Waals surface area contributed by atoms with Crippen LogP contribution in [0.1, 0.15) is 33.4 Å². The topological polar surface area (TPSA) is 155 Å². The van der Waals surface area contributed by atoms with Gasteiger partial charge in [0.25, 0.3) is 11.8 Å². The summed E-state index contributed by atoms with van der Waals surface area (Å²) in [5.74, 6) is -1.27. The first-order valence-electron chi connectivity index (χ1n) is 11.3. The lowest BCUT2D eigenvalue weighted by molar-refractivity contribution is -0.161. The lowest BCUT2D eigenvalue weighted by Crippen LogP contribution is -2.70. The van der Waals surface area contributed by atoms with Gasteiger partial charge < -0.3 is 30.1 Å². The van der Waals surface area contributed by atoms with Crippen molar-refractivity contribution >= 4 is 51.7 Å². The Bertz CT molecular complexity index is 1010. The number of aromatic nitrogens is 1. The SMILES string of the molecule is CON=C(C(=O)NC1C(=O)N2C(C(=O)OC(COC(C)C)COC(C)C)=CCS[C@@H]12)c1csc(N)n1. The van der Waals surface area contributed by atoms with Crippen molar-refractivity contribution in [1.82, 2.24) is 15.2 Å². The fourth-order valence-electron chi connectivity index (χ4n) is 3.36. The van der Waals surface area contributed by atoms with Crippen molar-refractivity contribution in [3.05, 3.63) is 22.8 Å². The van der Waals surface area contributed by atoms with Gasteiger partial charge in [-0.05, 0) is 33.8 Å². The molecule has 198 valence electrons. The van der Waals surface area contributed by atoms with E-state index in [1.54, 1.807) is 11.5 Å². The summed E-state index contributed by atoms with van der Waals surface area (Å²) in [5, 5.41) is 7.76. The molecule has 14 heteroatoms. The van der Waals surface area contributed by atoms with Crippen molar-refractivity contribution < 1.29 is 33.4 Å². The molecule has 1 fully saturated rings. The summed E-state index contributed by atoms with van der Waals surface area (Å²) in [6.07, 6.45) is 0.905. The van der Waals surface area contributed by atoms with Crippen LogP contribution in [0.3, 0.4) is 0 Å².